The molecule has 1 fully saturated rings. The predicted octanol–water partition coefficient (Wildman–Crippen LogP) is 1.17. The van der Waals surface area contributed by atoms with E-state index in [1.807, 2.05) is 6.92 Å². The van der Waals surface area contributed by atoms with Crippen LogP contribution < -0.4 is 10.2 Å². The van der Waals surface area contributed by atoms with Crippen molar-refractivity contribution in [1.82, 2.24) is 0 Å². The molecule has 3 rings (SSSR count). The van der Waals surface area contributed by atoms with Gasteiger partial charge >= 0.3 is 0 Å². The van der Waals surface area contributed by atoms with Crippen LogP contribution >= 0.6 is 15.9 Å². The first-order valence-corrected chi connectivity index (χ1v) is 7.49. The second-order valence-corrected chi connectivity index (χ2v) is 6.14. The second-order valence-electron chi connectivity index (χ2n) is 5.29. The van der Waals surface area contributed by atoms with Gasteiger partial charge in [0, 0.05) is 17.6 Å². The number of nitrogens with zero attached hydrogens (tertiary/aromatic N) is 1. The number of halogens is 1. The van der Waals surface area contributed by atoms with Crippen molar-refractivity contribution in [3.8, 4) is 0 Å². The van der Waals surface area contributed by atoms with Gasteiger partial charge < -0.3 is 20.1 Å². The zero-order chi connectivity index (χ0) is 15.1. The number of hydrogen-bond donors (Lipinski definition) is 2. The number of ketones is 1. The second kappa shape index (κ2) is 5.40. The van der Waals surface area contributed by atoms with Crippen molar-refractivity contribution >= 4 is 39.0 Å². The zero-order valence-electron chi connectivity index (χ0n) is 11.4. The smallest absolute Gasteiger partial charge is 0.296 e. The third kappa shape index (κ3) is 2.56. The molecule has 2 unspecified atom stereocenters. The lowest BCUT2D eigenvalue weighted by Crippen LogP contribution is -2.48. The van der Waals surface area contributed by atoms with Crippen LogP contribution in [0.25, 0.3) is 0 Å². The topological polar surface area (TPSA) is 78.9 Å². The highest BCUT2D eigenvalue weighted by Gasteiger charge is 2.31. The van der Waals surface area contributed by atoms with Crippen LogP contribution in [0.2, 0.25) is 0 Å². The molecule has 0 saturated carbocycles. The molecule has 112 valence electrons. The molecule has 1 aromatic rings. The van der Waals surface area contributed by atoms with Gasteiger partial charge in [0.2, 0.25) is 0 Å². The van der Waals surface area contributed by atoms with Gasteiger partial charge in [0.15, 0.2) is 0 Å². The van der Waals surface area contributed by atoms with Crippen molar-refractivity contribution in [2.45, 2.75) is 19.1 Å². The Bertz CT molecular complexity index is 619. The number of carbonyl (C=O) groups is 2. The predicted molar refractivity (Wildman–Crippen MR) is 80.7 cm³/mol. The summed E-state index contributed by atoms with van der Waals surface area (Å²) in [6, 6.07) is 3.45. The maximum absolute atomic E-state index is 11.7. The number of hydrogen-bond acceptors (Lipinski definition) is 5. The summed E-state index contributed by atoms with van der Waals surface area (Å²) in [6.45, 7) is 3.13. The molecule has 7 heteroatoms. The highest BCUT2D eigenvalue weighted by Crippen LogP contribution is 2.36. The van der Waals surface area contributed by atoms with E-state index in [4.69, 9.17) is 4.74 Å². The maximum Gasteiger partial charge on any atom is 0.296 e. The Morgan fingerprint density at radius 2 is 2.19 bits per heavy atom. The van der Waals surface area contributed by atoms with Crippen molar-refractivity contribution in [1.29, 1.82) is 0 Å². The first kappa shape index (κ1) is 14.5. The van der Waals surface area contributed by atoms with Crippen molar-refractivity contribution in [2.75, 3.05) is 29.9 Å². The molecule has 1 amide bonds. The summed E-state index contributed by atoms with van der Waals surface area (Å²) in [4.78, 5) is 25.2. The summed E-state index contributed by atoms with van der Waals surface area (Å²) in [5.41, 5.74) is 1.79. The van der Waals surface area contributed by atoms with Crippen molar-refractivity contribution < 1.29 is 19.4 Å². The van der Waals surface area contributed by atoms with Crippen LogP contribution in [0, 0.1) is 0 Å². The average Bonchev–Trinajstić information content (AvgIpc) is 2.72. The molecule has 21 heavy (non-hydrogen) atoms. The fourth-order valence-electron chi connectivity index (χ4n) is 2.74. The van der Waals surface area contributed by atoms with Gasteiger partial charge in [0.05, 0.1) is 35.8 Å². The lowest BCUT2D eigenvalue weighted by atomic mass is 10.1. The number of morpholine rings is 1. The van der Waals surface area contributed by atoms with Gasteiger partial charge in [0.25, 0.3) is 11.7 Å². The largest absolute Gasteiger partial charge is 0.394 e. The van der Waals surface area contributed by atoms with E-state index in [0.29, 0.717) is 24.3 Å². The Kier molecular flexibility index (Phi) is 3.73. The van der Waals surface area contributed by atoms with E-state index < -0.39 is 11.7 Å². The summed E-state index contributed by atoms with van der Waals surface area (Å²) in [7, 11) is 0. The van der Waals surface area contributed by atoms with Gasteiger partial charge in [-0.2, -0.15) is 0 Å². The molecule has 0 aromatic heterocycles. The van der Waals surface area contributed by atoms with Crippen molar-refractivity contribution in [3.63, 3.8) is 0 Å². The van der Waals surface area contributed by atoms with Crippen LogP contribution in [0.4, 0.5) is 11.4 Å². The van der Waals surface area contributed by atoms with E-state index in [0.717, 1.165) is 10.2 Å². The minimum Gasteiger partial charge on any atom is -0.394 e. The van der Waals surface area contributed by atoms with Gasteiger partial charge in [-0.3, -0.25) is 9.59 Å². The number of nitrogens with one attached hydrogen (secondary N) is 1. The third-order valence-corrected chi connectivity index (χ3v) is 4.29. The lowest BCUT2D eigenvalue weighted by Gasteiger charge is -2.38. The number of rotatable bonds is 2. The van der Waals surface area contributed by atoms with Crippen LogP contribution in [-0.4, -0.2) is 48.7 Å². The molecule has 2 heterocycles. The molecule has 2 atom stereocenters. The number of fused-ring (bicyclic) bond motifs is 1. The van der Waals surface area contributed by atoms with Gasteiger partial charge in [-0.1, -0.05) is 0 Å². The zero-order valence-corrected chi connectivity index (χ0v) is 13.0. The molecule has 0 aliphatic carbocycles. The molecular formula is C14H15BrN2O4. The van der Waals surface area contributed by atoms with Crippen LogP contribution in [0.3, 0.4) is 0 Å². The highest BCUT2D eigenvalue weighted by atomic mass is 79.9. The molecule has 6 nitrogen and oxygen atoms in total. The first-order valence-electron chi connectivity index (χ1n) is 6.70. The molecule has 2 aliphatic heterocycles. The van der Waals surface area contributed by atoms with Crippen molar-refractivity contribution in [2.24, 2.45) is 0 Å². The van der Waals surface area contributed by atoms with Gasteiger partial charge in [-0.15, -0.1) is 0 Å². The van der Waals surface area contributed by atoms with Crippen LogP contribution in [-0.2, 0) is 9.53 Å². The Hall–Kier alpha value is -1.44. The molecule has 1 saturated heterocycles. The number of ether oxygens (including phenoxy) is 1. The fraction of sp³-hybridized carbons (Fsp3) is 0.429. The molecule has 2 N–H and O–H groups in total. The van der Waals surface area contributed by atoms with Gasteiger partial charge in [-0.25, -0.2) is 0 Å². The van der Waals surface area contributed by atoms with Crippen LogP contribution in [0.15, 0.2) is 16.6 Å². The Morgan fingerprint density at radius 1 is 1.43 bits per heavy atom. The summed E-state index contributed by atoms with van der Waals surface area (Å²) < 4.78 is 6.37. The number of aliphatic hydroxyl groups is 1. The third-order valence-electron chi connectivity index (χ3n) is 3.66. The van der Waals surface area contributed by atoms with Crippen molar-refractivity contribution in [3.05, 3.63) is 22.2 Å². The fourth-order valence-corrected chi connectivity index (χ4v) is 3.33. The van der Waals surface area contributed by atoms with E-state index in [-0.39, 0.29) is 18.8 Å². The molecule has 0 radical (unpaired) electrons. The highest BCUT2D eigenvalue weighted by molar-refractivity contribution is 9.10. The normalized spacial score (nSPS) is 25.0. The molecule has 0 spiro atoms. The number of aliphatic hydroxyl groups excluding tert-OH is 1. The van der Waals surface area contributed by atoms with E-state index in [9.17, 15) is 14.7 Å². The Morgan fingerprint density at radius 3 is 2.90 bits per heavy atom. The summed E-state index contributed by atoms with van der Waals surface area (Å²) in [5.74, 6) is -1.11. The molecule has 0 bridgehead atoms. The van der Waals surface area contributed by atoms with Gasteiger partial charge in [0.1, 0.15) is 0 Å². The number of benzene rings is 1. The average molecular weight is 355 g/mol. The summed E-state index contributed by atoms with van der Waals surface area (Å²) in [5, 5.41) is 11.9. The summed E-state index contributed by atoms with van der Waals surface area (Å²) in [6.07, 6.45) is -0.252. The Labute approximate surface area is 130 Å². The van der Waals surface area contributed by atoms with E-state index in [1.165, 1.54) is 0 Å². The molecule has 2 aliphatic rings. The number of amides is 1. The molecule has 1 aromatic carbocycles. The van der Waals surface area contributed by atoms with Gasteiger partial charge in [-0.05, 0) is 35.0 Å². The van der Waals surface area contributed by atoms with Crippen LogP contribution in [0.5, 0.6) is 0 Å². The minimum atomic E-state index is -0.599. The van der Waals surface area contributed by atoms with E-state index in [1.54, 1.807) is 12.1 Å². The minimum absolute atomic E-state index is 0.00715. The SMILES string of the molecule is CC1CN(c2cc3c(cc2Br)C(=O)C(=O)N3)CC(CO)O1. The lowest BCUT2D eigenvalue weighted by molar-refractivity contribution is -0.112. The number of carbonyl (C=O) groups excluding carboxylic acids is 2. The maximum atomic E-state index is 11.7. The molecular weight excluding hydrogens is 340 g/mol. The first-order chi connectivity index (χ1) is 9.99. The number of anilines is 2. The monoisotopic (exact) mass is 354 g/mol. The Balaban J connectivity index is 1.95. The van der Waals surface area contributed by atoms with Crippen LogP contribution in [0.1, 0.15) is 17.3 Å². The standard InChI is InChI=1S/C14H15BrN2O4/c1-7-4-17(5-8(6-18)21-7)12-3-11-9(2-10(12)15)13(19)14(20)16-11/h2-3,7-8,18H,4-6H2,1H3,(H,16,19,20). The van der Waals surface area contributed by atoms with E-state index >= 15 is 0 Å². The number of Topliss-reactive ketones (excluding diaryl/α,β-unsaturated/α-hetero) is 1. The quantitative estimate of drug-likeness (QED) is 0.779. The van der Waals surface area contributed by atoms with E-state index in [2.05, 4.69) is 26.1 Å². The summed E-state index contributed by atoms with van der Waals surface area (Å²) >= 11 is 3.46.